The Labute approximate surface area is 165 Å². The Morgan fingerprint density at radius 3 is 2.68 bits per heavy atom. The van der Waals surface area contributed by atoms with E-state index in [-0.39, 0.29) is 41.3 Å². The van der Waals surface area contributed by atoms with Crippen LogP contribution in [0.2, 0.25) is 0 Å². The number of carbonyl (C=O) groups is 3. The molecule has 0 spiro atoms. The molecule has 10 heteroatoms. The smallest absolute Gasteiger partial charge is 0.340 e. The Hall–Kier alpha value is -3.14. The Balaban J connectivity index is 2.03. The molecule has 148 valence electrons. The molecule has 0 saturated carbocycles. The minimum absolute atomic E-state index is 0.0346. The van der Waals surface area contributed by atoms with Gasteiger partial charge in [0.1, 0.15) is 0 Å². The number of para-hydroxylation sites is 1. The summed E-state index contributed by atoms with van der Waals surface area (Å²) in [5, 5.41) is 5.32. The van der Waals surface area contributed by atoms with Gasteiger partial charge in [0.25, 0.3) is 5.56 Å². The Kier molecular flexibility index (Phi) is 7.76. The van der Waals surface area contributed by atoms with E-state index in [0.29, 0.717) is 11.4 Å². The highest BCUT2D eigenvalue weighted by Crippen LogP contribution is 2.18. The number of thioether (sulfide) groups is 1. The summed E-state index contributed by atoms with van der Waals surface area (Å²) >= 11 is 1.01. The lowest BCUT2D eigenvalue weighted by molar-refractivity contribution is -0.120. The van der Waals surface area contributed by atoms with Gasteiger partial charge in [0.15, 0.2) is 5.16 Å². The number of hydrogen-bond acceptors (Lipinski definition) is 7. The second-order valence-corrected chi connectivity index (χ2v) is 6.46. The SMILES string of the molecule is CCOC(=O)c1ccccc1NC(=O)CSc1nc(CC(=O)NC)cc(=O)[nH]1. The zero-order chi connectivity index (χ0) is 20.5. The molecular weight excluding hydrogens is 384 g/mol. The summed E-state index contributed by atoms with van der Waals surface area (Å²) in [6.45, 7) is 1.92. The molecular formula is C18H20N4O5S. The molecule has 0 radical (unpaired) electrons. The van der Waals surface area contributed by atoms with Crippen molar-refractivity contribution < 1.29 is 19.1 Å². The van der Waals surface area contributed by atoms with E-state index in [4.69, 9.17) is 4.74 Å². The van der Waals surface area contributed by atoms with E-state index >= 15 is 0 Å². The summed E-state index contributed by atoms with van der Waals surface area (Å²) in [6, 6.07) is 7.74. The number of esters is 1. The van der Waals surface area contributed by atoms with Crippen LogP contribution in [0.5, 0.6) is 0 Å². The molecule has 1 heterocycles. The van der Waals surface area contributed by atoms with Gasteiger partial charge in [-0.05, 0) is 19.1 Å². The summed E-state index contributed by atoms with van der Waals surface area (Å²) in [7, 11) is 1.49. The first kappa shape index (κ1) is 21.2. The summed E-state index contributed by atoms with van der Waals surface area (Å²) in [6.07, 6.45) is -0.0346. The highest BCUT2D eigenvalue weighted by Gasteiger charge is 2.14. The van der Waals surface area contributed by atoms with Crippen LogP contribution in [0, 0.1) is 0 Å². The standard InChI is InChI=1S/C18H20N4O5S/c1-3-27-17(26)12-6-4-5-7-13(12)21-16(25)10-28-18-20-11(8-14(23)19-2)9-15(24)22-18/h4-7,9H,3,8,10H2,1-2H3,(H,19,23)(H,21,25)(H,20,22,24). The molecule has 2 aromatic rings. The average Bonchev–Trinajstić information content (AvgIpc) is 2.66. The number of aromatic nitrogens is 2. The van der Waals surface area contributed by atoms with Crippen molar-refractivity contribution in [1.29, 1.82) is 0 Å². The Morgan fingerprint density at radius 1 is 1.21 bits per heavy atom. The molecule has 3 N–H and O–H groups in total. The minimum atomic E-state index is -0.529. The van der Waals surface area contributed by atoms with Gasteiger partial charge in [-0.25, -0.2) is 9.78 Å². The van der Waals surface area contributed by atoms with Crippen LogP contribution >= 0.6 is 11.8 Å². The van der Waals surface area contributed by atoms with Crippen LogP contribution in [0.25, 0.3) is 0 Å². The monoisotopic (exact) mass is 404 g/mol. The lowest BCUT2D eigenvalue weighted by Gasteiger charge is -2.10. The summed E-state index contributed by atoms with van der Waals surface area (Å²) in [4.78, 5) is 54.0. The second kappa shape index (κ2) is 10.3. The molecule has 1 aromatic carbocycles. The number of anilines is 1. The number of ether oxygens (including phenoxy) is 1. The molecule has 0 saturated heterocycles. The van der Waals surface area contributed by atoms with Crippen molar-refractivity contribution in [2.24, 2.45) is 0 Å². The van der Waals surface area contributed by atoms with E-state index in [2.05, 4.69) is 20.6 Å². The highest BCUT2D eigenvalue weighted by molar-refractivity contribution is 7.99. The van der Waals surface area contributed by atoms with Gasteiger partial charge in [-0.3, -0.25) is 14.4 Å². The quantitative estimate of drug-likeness (QED) is 0.339. The third-order valence-electron chi connectivity index (χ3n) is 3.43. The number of amides is 2. The van der Waals surface area contributed by atoms with Crippen molar-refractivity contribution in [2.75, 3.05) is 24.7 Å². The van der Waals surface area contributed by atoms with E-state index in [9.17, 15) is 19.2 Å². The molecule has 0 aliphatic heterocycles. The second-order valence-electron chi connectivity index (χ2n) is 5.49. The first-order valence-corrected chi connectivity index (χ1v) is 9.41. The highest BCUT2D eigenvalue weighted by atomic mass is 32.2. The summed E-state index contributed by atoms with van der Waals surface area (Å²) in [5.41, 5.74) is 0.478. The van der Waals surface area contributed by atoms with E-state index in [0.717, 1.165) is 11.8 Å². The number of likely N-dealkylation sites (N-methyl/N-ethyl adjacent to an activating group) is 1. The van der Waals surface area contributed by atoms with Crippen molar-refractivity contribution >= 4 is 35.2 Å². The normalized spacial score (nSPS) is 10.2. The lowest BCUT2D eigenvalue weighted by Crippen LogP contribution is -2.22. The zero-order valence-corrected chi connectivity index (χ0v) is 16.2. The van der Waals surface area contributed by atoms with Crippen molar-refractivity contribution in [1.82, 2.24) is 15.3 Å². The molecule has 9 nitrogen and oxygen atoms in total. The number of nitrogens with zero attached hydrogens (tertiary/aromatic N) is 1. The van der Waals surface area contributed by atoms with Crippen LogP contribution < -0.4 is 16.2 Å². The number of carbonyl (C=O) groups excluding carboxylic acids is 3. The van der Waals surface area contributed by atoms with E-state index in [1.165, 1.54) is 13.1 Å². The van der Waals surface area contributed by atoms with Crippen LogP contribution in [0.1, 0.15) is 23.0 Å². The molecule has 2 amide bonds. The van der Waals surface area contributed by atoms with E-state index in [1.807, 2.05) is 0 Å². The van der Waals surface area contributed by atoms with Gasteiger partial charge >= 0.3 is 5.97 Å². The van der Waals surface area contributed by atoms with Gasteiger partial charge in [0.2, 0.25) is 11.8 Å². The maximum absolute atomic E-state index is 12.2. The first-order valence-electron chi connectivity index (χ1n) is 8.42. The van der Waals surface area contributed by atoms with Crippen molar-refractivity contribution in [2.45, 2.75) is 18.5 Å². The van der Waals surface area contributed by atoms with Crippen molar-refractivity contribution in [3.8, 4) is 0 Å². The lowest BCUT2D eigenvalue weighted by atomic mass is 10.2. The summed E-state index contributed by atoms with van der Waals surface area (Å²) in [5.74, 6) is -1.24. The number of nitrogens with one attached hydrogen (secondary N) is 3. The molecule has 0 fully saturated rings. The van der Waals surface area contributed by atoms with Gasteiger partial charge < -0.3 is 20.4 Å². The molecule has 0 aliphatic rings. The third-order valence-corrected chi connectivity index (χ3v) is 4.30. The molecule has 2 rings (SSSR count). The van der Waals surface area contributed by atoms with Gasteiger partial charge in [-0.1, -0.05) is 23.9 Å². The zero-order valence-electron chi connectivity index (χ0n) is 15.4. The number of benzene rings is 1. The van der Waals surface area contributed by atoms with Crippen LogP contribution in [0.4, 0.5) is 5.69 Å². The largest absolute Gasteiger partial charge is 0.462 e. The fourth-order valence-electron chi connectivity index (χ4n) is 2.19. The third kappa shape index (κ3) is 6.23. The number of rotatable bonds is 8. The maximum atomic E-state index is 12.2. The predicted molar refractivity (Wildman–Crippen MR) is 104 cm³/mol. The molecule has 0 atom stereocenters. The van der Waals surface area contributed by atoms with Gasteiger partial charge in [-0.2, -0.15) is 0 Å². The summed E-state index contributed by atoms with van der Waals surface area (Å²) < 4.78 is 4.97. The molecule has 28 heavy (non-hydrogen) atoms. The van der Waals surface area contributed by atoms with Gasteiger partial charge in [0.05, 0.1) is 35.7 Å². The molecule has 0 bridgehead atoms. The van der Waals surface area contributed by atoms with Crippen LogP contribution in [0.15, 0.2) is 40.3 Å². The number of hydrogen-bond donors (Lipinski definition) is 3. The van der Waals surface area contributed by atoms with Crippen molar-refractivity contribution in [3.05, 3.63) is 51.9 Å². The fourth-order valence-corrected chi connectivity index (χ4v) is 2.89. The molecule has 0 aliphatic carbocycles. The number of aromatic amines is 1. The fraction of sp³-hybridized carbons (Fsp3) is 0.278. The number of H-pyrrole nitrogens is 1. The van der Waals surface area contributed by atoms with Crippen LogP contribution in [-0.4, -0.2) is 47.2 Å². The Bertz CT molecular complexity index is 928. The molecule has 1 aromatic heterocycles. The van der Waals surface area contributed by atoms with E-state index in [1.54, 1.807) is 31.2 Å². The average molecular weight is 404 g/mol. The van der Waals surface area contributed by atoms with Gasteiger partial charge in [-0.15, -0.1) is 0 Å². The van der Waals surface area contributed by atoms with Gasteiger partial charge in [0, 0.05) is 13.1 Å². The minimum Gasteiger partial charge on any atom is -0.462 e. The maximum Gasteiger partial charge on any atom is 0.340 e. The molecule has 0 unspecified atom stereocenters. The Morgan fingerprint density at radius 2 is 1.96 bits per heavy atom. The van der Waals surface area contributed by atoms with Crippen LogP contribution in [-0.2, 0) is 20.7 Å². The topological polar surface area (TPSA) is 130 Å². The predicted octanol–water partition coefficient (Wildman–Crippen LogP) is 0.966. The van der Waals surface area contributed by atoms with Crippen LogP contribution in [0.3, 0.4) is 0 Å². The van der Waals surface area contributed by atoms with Crippen molar-refractivity contribution in [3.63, 3.8) is 0 Å². The first-order chi connectivity index (χ1) is 13.4. The van der Waals surface area contributed by atoms with E-state index < -0.39 is 11.5 Å².